The Morgan fingerprint density at radius 2 is 1.59 bits per heavy atom. The van der Waals surface area contributed by atoms with E-state index < -0.39 is 5.91 Å². The standard InChI is InChI=1S/C33H29N7O3S/c1-19-14-15-24(16-20(19)2)39-30(23-10-6-5-7-11-23)35-37-33(39)44-18-28(41)27-17-21(3)40(22(27)4)38-32(43)29-25-12-8-9-13-26(25)31(42)36-34-29/h5-17H,18H2,1-4H3,(H,36,42)(H,38,43). The van der Waals surface area contributed by atoms with Gasteiger partial charge in [-0.2, -0.15) is 5.10 Å². The van der Waals surface area contributed by atoms with E-state index in [1.165, 1.54) is 17.3 Å². The third kappa shape index (κ3) is 5.33. The van der Waals surface area contributed by atoms with Gasteiger partial charge in [-0.1, -0.05) is 66.4 Å². The van der Waals surface area contributed by atoms with Gasteiger partial charge in [0.25, 0.3) is 11.5 Å². The lowest BCUT2D eigenvalue weighted by atomic mass is 10.1. The molecule has 0 aliphatic carbocycles. The number of nitrogens with zero attached hydrogens (tertiary/aromatic N) is 5. The zero-order valence-electron chi connectivity index (χ0n) is 24.6. The molecule has 0 bridgehead atoms. The molecule has 0 saturated heterocycles. The van der Waals surface area contributed by atoms with Crippen molar-refractivity contribution >= 4 is 34.2 Å². The molecule has 0 unspecified atom stereocenters. The molecule has 0 spiro atoms. The number of hydrogen-bond donors (Lipinski definition) is 2. The van der Waals surface area contributed by atoms with Gasteiger partial charge in [0.1, 0.15) is 0 Å². The number of H-pyrrole nitrogens is 1. The molecule has 0 fully saturated rings. The van der Waals surface area contributed by atoms with Crippen molar-refractivity contribution in [3.05, 3.63) is 123 Å². The molecule has 220 valence electrons. The van der Waals surface area contributed by atoms with Crippen molar-refractivity contribution in [1.82, 2.24) is 29.6 Å². The second kappa shape index (κ2) is 11.8. The minimum absolute atomic E-state index is 0.0797. The highest BCUT2D eigenvalue weighted by atomic mass is 32.2. The summed E-state index contributed by atoms with van der Waals surface area (Å²) in [6.45, 7) is 7.70. The van der Waals surface area contributed by atoms with Gasteiger partial charge >= 0.3 is 0 Å². The Kier molecular flexibility index (Phi) is 7.71. The van der Waals surface area contributed by atoms with E-state index in [-0.39, 0.29) is 22.8 Å². The number of aryl methyl sites for hydroxylation is 3. The summed E-state index contributed by atoms with van der Waals surface area (Å²) in [7, 11) is 0. The third-order valence-electron chi connectivity index (χ3n) is 7.60. The first kappa shape index (κ1) is 28.8. The summed E-state index contributed by atoms with van der Waals surface area (Å²) < 4.78 is 3.54. The van der Waals surface area contributed by atoms with Crippen LogP contribution in [0.2, 0.25) is 0 Å². The number of carbonyl (C=O) groups is 2. The maximum atomic E-state index is 13.5. The quantitative estimate of drug-likeness (QED) is 0.172. The van der Waals surface area contributed by atoms with E-state index in [0.29, 0.717) is 38.7 Å². The van der Waals surface area contributed by atoms with Crippen LogP contribution in [0.25, 0.3) is 27.8 Å². The lowest BCUT2D eigenvalue weighted by Gasteiger charge is -2.13. The molecule has 3 aromatic carbocycles. The monoisotopic (exact) mass is 603 g/mol. The summed E-state index contributed by atoms with van der Waals surface area (Å²) in [5, 5.41) is 16.7. The number of benzene rings is 3. The van der Waals surface area contributed by atoms with Crippen molar-refractivity contribution in [3.8, 4) is 17.1 Å². The molecule has 10 nitrogen and oxygen atoms in total. The summed E-state index contributed by atoms with van der Waals surface area (Å²) in [5.41, 5.74) is 8.41. The van der Waals surface area contributed by atoms with E-state index in [0.717, 1.165) is 16.8 Å². The van der Waals surface area contributed by atoms with Crippen LogP contribution in [-0.4, -0.2) is 47.1 Å². The second-order valence-corrected chi connectivity index (χ2v) is 11.4. The van der Waals surface area contributed by atoms with Crippen LogP contribution >= 0.6 is 11.8 Å². The summed E-state index contributed by atoms with van der Waals surface area (Å²) in [4.78, 5) is 38.9. The fourth-order valence-electron chi connectivity index (χ4n) is 5.10. The molecule has 0 radical (unpaired) electrons. The van der Waals surface area contributed by atoms with Crippen LogP contribution < -0.4 is 11.0 Å². The number of aromatic amines is 1. The van der Waals surface area contributed by atoms with Gasteiger partial charge in [0, 0.05) is 27.9 Å². The predicted octanol–water partition coefficient (Wildman–Crippen LogP) is 5.56. The highest BCUT2D eigenvalue weighted by molar-refractivity contribution is 7.99. The molecule has 44 heavy (non-hydrogen) atoms. The number of hydrogen-bond acceptors (Lipinski definition) is 7. The maximum Gasteiger partial charge on any atom is 0.291 e. The number of amides is 1. The van der Waals surface area contributed by atoms with E-state index >= 15 is 0 Å². The summed E-state index contributed by atoms with van der Waals surface area (Å²) in [6, 6.07) is 24.5. The number of fused-ring (bicyclic) bond motifs is 1. The Balaban J connectivity index is 1.26. The van der Waals surface area contributed by atoms with Crippen LogP contribution in [0.1, 0.15) is 43.4 Å². The normalized spacial score (nSPS) is 11.2. The molecular formula is C33H29N7O3S. The van der Waals surface area contributed by atoms with Crippen molar-refractivity contribution in [3.63, 3.8) is 0 Å². The van der Waals surface area contributed by atoms with Gasteiger partial charge in [0.05, 0.1) is 16.8 Å². The van der Waals surface area contributed by atoms with Gasteiger partial charge in [0.15, 0.2) is 22.5 Å². The van der Waals surface area contributed by atoms with Crippen LogP contribution in [-0.2, 0) is 0 Å². The number of carbonyl (C=O) groups excluding carboxylic acids is 2. The highest BCUT2D eigenvalue weighted by Gasteiger charge is 2.22. The van der Waals surface area contributed by atoms with Gasteiger partial charge in [-0.25, -0.2) is 5.10 Å². The molecule has 3 heterocycles. The zero-order chi connectivity index (χ0) is 31.0. The van der Waals surface area contributed by atoms with Gasteiger partial charge in [0.2, 0.25) is 0 Å². The van der Waals surface area contributed by atoms with E-state index in [4.69, 9.17) is 0 Å². The molecule has 11 heteroatoms. The van der Waals surface area contributed by atoms with Crippen LogP contribution in [0.4, 0.5) is 0 Å². The lowest BCUT2D eigenvalue weighted by molar-refractivity contribution is 0.0996. The number of thioether (sulfide) groups is 1. The van der Waals surface area contributed by atoms with Crippen LogP contribution in [0.5, 0.6) is 0 Å². The summed E-state index contributed by atoms with van der Waals surface area (Å²) in [5.74, 6) is 0.171. The molecule has 2 N–H and O–H groups in total. The fourth-order valence-corrected chi connectivity index (χ4v) is 5.94. The van der Waals surface area contributed by atoms with Gasteiger partial charge < -0.3 is 0 Å². The van der Waals surface area contributed by atoms with Crippen LogP contribution in [0, 0.1) is 27.7 Å². The third-order valence-corrected chi connectivity index (χ3v) is 8.53. The van der Waals surface area contributed by atoms with Gasteiger partial charge in [-0.05, 0) is 63.1 Å². The number of ketones is 1. The summed E-state index contributed by atoms with van der Waals surface area (Å²) in [6.07, 6.45) is 0. The summed E-state index contributed by atoms with van der Waals surface area (Å²) >= 11 is 1.31. The molecule has 0 aliphatic heterocycles. The van der Waals surface area contributed by atoms with Crippen molar-refractivity contribution < 1.29 is 9.59 Å². The number of Topliss-reactive ketones (excluding diaryl/α,β-unsaturated/α-hetero) is 1. The maximum absolute atomic E-state index is 13.5. The van der Waals surface area contributed by atoms with Crippen molar-refractivity contribution in [1.29, 1.82) is 0 Å². The SMILES string of the molecule is Cc1ccc(-n2c(SCC(=O)c3cc(C)n(NC(=O)c4n[nH]c(=O)c5ccccc45)c3C)nnc2-c2ccccc2)cc1C. The van der Waals surface area contributed by atoms with E-state index in [1.54, 1.807) is 48.9 Å². The topological polar surface area (TPSA) is 128 Å². The highest BCUT2D eigenvalue weighted by Crippen LogP contribution is 2.30. The molecule has 6 rings (SSSR count). The van der Waals surface area contributed by atoms with Crippen LogP contribution in [0.3, 0.4) is 0 Å². The lowest BCUT2D eigenvalue weighted by Crippen LogP contribution is -2.27. The minimum atomic E-state index is -0.512. The zero-order valence-corrected chi connectivity index (χ0v) is 25.4. The molecule has 0 atom stereocenters. The minimum Gasteiger partial charge on any atom is -0.293 e. The van der Waals surface area contributed by atoms with E-state index in [9.17, 15) is 14.4 Å². The van der Waals surface area contributed by atoms with E-state index in [1.807, 2.05) is 41.0 Å². The largest absolute Gasteiger partial charge is 0.293 e. The fraction of sp³-hybridized carbons (Fsp3) is 0.152. The average molecular weight is 604 g/mol. The molecule has 6 aromatic rings. The van der Waals surface area contributed by atoms with Crippen molar-refractivity contribution in [2.45, 2.75) is 32.9 Å². The van der Waals surface area contributed by atoms with Gasteiger partial charge in [-0.3, -0.25) is 29.1 Å². The molecule has 1 amide bonds. The Hall–Kier alpha value is -5.29. The molecule has 0 aliphatic rings. The first-order chi connectivity index (χ1) is 21.2. The van der Waals surface area contributed by atoms with Crippen molar-refractivity contribution in [2.24, 2.45) is 0 Å². The average Bonchev–Trinajstić information content (AvgIpc) is 3.58. The number of nitrogens with one attached hydrogen (secondary N) is 2. The number of aromatic nitrogens is 6. The van der Waals surface area contributed by atoms with Gasteiger partial charge in [-0.15, -0.1) is 10.2 Å². The van der Waals surface area contributed by atoms with E-state index in [2.05, 4.69) is 51.8 Å². The molecule has 3 aromatic heterocycles. The Morgan fingerprint density at radius 3 is 2.34 bits per heavy atom. The first-order valence-electron chi connectivity index (χ1n) is 13.9. The molecular weight excluding hydrogens is 574 g/mol. The Labute approximate surface area is 257 Å². The van der Waals surface area contributed by atoms with Crippen molar-refractivity contribution in [2.75, 3.05) is 11.2 Å². The first-order valence-corrected chi connectivity index (χ1v) is 14.9. The Morgan fingerprint density at radius 1 is 0.864 bits per heavy atom. The molecule has 0 saturated carbocycles. The van der Waals surface area contributed by atoms with Crippen LogP contribution in [0.15, 0.2) is 88.8 Å². The second-order valence-electron chi connectivity index (χ2n) is 10.5. The smallest absolute Gasteiger partial charge is 0.291 e. The Bertz CT molecular complexity index is 2110. The predicted molar refractivity (Wildman–Crippen MR) is 171 cm³/mol. The number of rotatable bonds is 8.